The highest BCUT2D eigenvalue weighted by atomic mass is 32.1. The number of thiophene rings is 1. The smallest absolute Gasteiger partial charge is 0.0346 e. The zero-order chi connectivity index (χ0) is 9.97. The molecule has 0 atom stereocenters. The van der Waals surface area contributed by atoms with Gasteiger partial charge in [0, 0.05) is 17.8 Å². The fourth-order valence-electron chi connectivity index (χ4n) is 1.58. The van der Waals surface area contributed by atoms with Gasteiger partial charge in [-0.05, 0) is 41.1 Å². The average molecular weight is 206 g/mol. The van der Waals surface area contributed by atoms with Gasteiger partial charge in [0.1, 0.15) is 0 Å². The summed E-state index contributed by atoms with van der Waals surface area (Å²) in [7, 11) is 1.97. The fraction of sp³-hybridized carbons (Fsp3) is 0.273. The van der Waals surface area contributed by atoms with Crippen LogP contribution in [0.4, 0.5) is 0 Å². The topological polar surface area (TPSA) is 38.0 Å². The standard InChI is InChI=1S/C11H14N2S/c1-13-6-9-7-14-11-3-2-8(5-12)4-10(9)11/h2-4,7,13H,5-6,12H2,1H3. The molecule has 2 nitrogen and oxygen atoms in total. The highest BCUT2D eigenvalue weighted by molar-refractivity contribution is 7.17. The summed E-state index contributed by atoms with van der Waals surface area (Å²) in [6.45, 7) is 1.54. The highest BCUT2D eigenvalue weighted by Crippen LogP contribution is 2.26. The Labute approximate surface area is 87.7 Å². The number of fused-ring (bicyclic) bond motifs is 1. The van der Waals surface area contributed by atoms with E-state index in [2.05, 4.69) is 28.9 Å². The largest absolute Gasteiger partial charge is 0.326 e. The van der Waals surface area contributed by atoms with Gasteiger partial charge in [-0.25, -0.2) is 0 Å². The minimum atomic E-state index is 0.616. The Hall–Kier alpha value is -0.900. The van der Waals surface area contributed by atoms with E-state index >= 15 is 0 Å². The zero-order valence-corrected chi connectivity index (χ0v) is 9.03. The van der Waals surface area contributed by atoms with E-state index in [0.717, 1.165) is 6.54 Å². The lowest BCUT2D eigenvalue weighted by Crippen LogP contribution is -2.04. The molecule has 0 amide bonds. The Kier molecular flexibility index (Phi) is 2.82. The van der Waals surface area contributed by atoms with E-state index in [1.54, 1.807) is 11.3 Å². The van der Waals surface area contributed by atoms with Gasteiger partial charge >= 0.3 is 0 Å². The Morgan fingerprint density at radius 1 is 1.43 bits per heavy atom. The first-order valence-corrected chi connectivity index (χ1v) is 5.57. The second-order valence-corrected chi connectivity index (χ2v) is 4.24. The van der Waals surface area contributed by atoms with Gasteiger partial charge in [0.25, 0.3) is 0 Å². The molecule has 3 N–H and O–H groups in total. The van der Waals surface area contributed by atoms with Gasteiger partial charge in [-0.15, -0.1) is 11.3 Å². The van der Waals surface area contributed by atoms with E-state index in [0.29, 0.717) is 6.54 Å². The molecular weight excluding hydrogens is 192 g/mol. The van der Waals surface area contributed by atoms with Crippen LogP contribution in [0, 0.1) is 0 Å². The minimum absolute atomic E-state index is 0.616. The first kappa shape index (κ1) is 9.65. The molecule has 0 saturated heterocycles. The molecule has 0 radical (unpaired) electrons. The van der Waals surface area contributed by atoms with Crippen molar-refractivity contribution in [1.29, 1.82) is 0 Å². The Bertz CT molecular complexity index is 434. The third kappa shape index (κ3) is 1.66. The number of rotatable bonds is 3. The molecule has 0 spiro atoms. The Balaban J connectivity index is 2.52. The van der Waals surface area contributed by atoms with Gasteiger partial charge < -0.3 is 11.1 Å². The van der Waals surface area contributed by atoms with E-state index in [1.807, 2.05) is 7.05 Å². The molecule has 1 aromatic heterocycles. The molecule has 2 aromatic rings. The van der Waals surface area contributed by atoms with Crippen LogP contribution in [0.5, 0.6) is 0 Å². The van der Waals surface area contributed by atoms with Gasteiger partial charge in [0.05, 0.1) is 0 Å². The van der Waals surface area contributed by atoms with Crippen molar-refractivity contribution in [3.05, 3.63) is 34.7 Å². The predicted molar refractivity (Wildman–Crippen MR) is 62.5 cm³/mol. The molecule has 0 bridgehead atoms. The summed E-state index contributed by atoms with van der Waals surface area (Å²) in [4.78, 5) is 0. The SMILES string of the molecule is CNCc1csc2ccc(CN)cc12. The number of hydrogen-bond acceptors (Lipinski definition) is 3. The van der Waals surface area contributed by atoms with Gasteiger partial charge in [-0.1, -0.05) is 6.07 Å². The van der Waals surface area contributed by atoms with Gasteiger partial charge in [0.2, 0.25) is 0 Å². The van der Waals surface area contributed by atoms with Crippen molar-refractivity contribution in [1.82, 2.24) is 5.32 Å². The molecule has 1 heterocycles. The molecule has 3 heteroatoms. The van der Waals surface area contributed by atoms with E-state index in [-0.39, 0.29) is 0 Å². The highest BCUT2D eigenvalue weighted by Gasteiger charge is 2.03. The summed E-state index contributed by atoms with van der Waals surface area (Å²) in [6, 6.07) is 6.45. The van der Waals surface area contributed by atoms with E-state index < -0.39 is 0 Å². The maximum absolute atomic E-state index is 5.62. The zero-order valence-electron chi connectivity index (χ0n) is 8.21. The van der Waals surface area contributed by atoms with Crippen LogP contribution in [0.25, 0.3) is 10.1 Å². The number of hydrogen-bond donors (Lipinski definition) is 2. The minimum Gasteiger partial charge on any atom is -0.326 e. The van der Waals surface area contributed by atoms with Crippen molar-refractivity contribution in [2.75, 3.05) is 7.05 Å². The van der Waals surface area contributed by atoms with Crippen LogP contribution in [0.2, 0.25) is 0 Å². The molecule has 0 saturated carbocycles. The predicted octanol–water partition coefficient (Wildman–Crippen LogP) is 2.08. The third-order valence-corrected chi connectivity index (χ3v) is 3.33. The summed E-state index contributed by atoms with van der Waals surface area (Å²) >= 11 is 1.79. The van der Waals surface area contributed by atoms with Crippen LogP contribution in [-0.2, 0) is 13.1 Å². The van der Waals surface area contributed by atoms with Crippen molar-refractivity contribution in [2.24, 2.45) is 5.73 Å². The lowest BCUT2D eigenvalue weighted by molar-refractivity contribution is 0.826. The van der Waals surface area contributed by atoms with Gasteiger partial charge in [0.15, 0.2) is 0 Å². The molecule has 2 rings (SSSR count). The van der Waals surface area contributed by atoms with E-state index in [9.17, 15) is 0 Å². The van der Waals surface area contributed by atoms with Crippen LogP contribution in [-0.4, -0.2) is 7.05 Å². The first-order chi connectivity index (χ1) is 6.85. The molecule has 1 aromatic carbocycles. The summed E-state index contributed by atoms with van der Waals surface area (Å²) in [5, 5.41) is 6.73. The van der Waals surface area contributed by atoms with Crippen molar-refractivity contribution in [3.63, 3.8) is 0 Å². The molecular formula is C11H14N2S. The molecule has 0 aliphatic heterocycles. The van der Waals surface area contributed by atoms with Crippen molar-refractivity contribution in [2.45, 2.75) is 13.1 Å². The molecule has 0 fully saturated rings. The maximum atomic E-state index is 5.62. The van der Waals surface area contributed by atoms with Crippen LogP contribution in [0.15, 0.2) is 23.6 Å². The number of nitrogens with two attached hydrogens (primary N) is 1. The molecule has 0 aliphatic rings. The summed E-state index contributed by atoms with van der Waals surface area (Å²) in [5.74, 6) is 0. The third-order valence-electron chi connectivity index (χ3n) is 2.32. The molecule has 0 unspecified atom stereocenters. The monoisotopic (exact) mass is 206 g/mol. The maximum Gasteiger partial charge on any atom is 0.0346 e. The molecule has 0 aliphatic carbocycles. The summed E-state index contributed by atoms with van der Waals surface area (Å²) in [5.41, 5.74) is 8.19. The van der Waals surface area contributed by atoms with Crippen molar-refractivity contribution < 1.29 is 0 Å². The summed E-state index contributed by atoms with van der Waals surface area (Å²) < 4.78 is 1.34. The lowest BCUT2D eigenvalue weighted by atomic mass is 10.1. The lowest BCUT2D eigenvalue weighted by Gasteiger charge is -2.00. The fourth-order valence-corrected chi connectivity index (χ4v) is 2.53. The summed E-state index contributed by atoms with van der Waals surface area (Å²) in [6.07, 6.45) is 0. The van der Waals surface area contributed by atoms with Gasteiger partial charge in [-0.2, -0.15) is 0 Å². The number of nitrogens with one attached hydrogen (secondary N) is 1. The van der Waals surface area contributed by atoms with Gasteiger partial charge in [-0.3, -0.25) is 0 Å². The van der Waals surface area contributed by atoms with Crippen LogP contribution < -0.4 is 11.1 Å². The van der Waals surface area contributed by atoms with E-state index in [4.69, 9.17) is 5.73 Å². The normalized spacial score (nSPS) is 11.0. The van der Waals surface area contributed by atoms with E-state index in [1.165, 1.54) is 21.2 Å². The number of benzene rings is 1. The Morgan fingerprint density at radius 3 is 3.00 bits per heavy atom. The quantitative estimate of drug-likeness (QED) is 0.807. The second-order valence-electron chi connectivity index (χ2n) is 3.33. The van der Waals surface area contributed by atoms with Crippen molar-refractivity contribution >= 4 is 21.4 Å². The second kappa shape index (κ2) is 4.09. The Morgan fingerprint density at radius 2 is 2.29 bits per heavy atom. The molecule has 14 heavy (non-hydrogen) atoms. The van der Waals surface area contributed by atoms with Crippen LogP contribution in [0.1, 0.15) is 11.1 Å². The average Bonchev–Trinajstić information content (AvgIpc) is 2.61. The van der Waals surface area contributed by atoms with Crippen molar-refractivity contribution in [3.8, 4) is 0 Å². The van der Waals surface area contributed by atoms with Crippen LogP contribution >= 0.6 is 11.3 Å². The molecule has 74 valence electrons. The van der Waals surface area contributed by atoms with Crippen LogP contribution in [0.3, 0.4) is 0 Å². The first-order valence-electron chi connectivity index (χ1n) is 4.69.